The lowest BCUT2D eigenvalue weighted by molar-refractivity contribution is -0.124. The Balaban J connectivity index is 2.56. The van der Waals surface area contributed by atoms with Crippen molar-refractivity contribution >= 4 is 24.0 Å². The topological polar surface area (TPSA) is 117 Å². The Hall–Kier alpha value is -2.87. The van der Waals surface area contributed by atoms with E-state index in [1.165, 1.54) is 23.7 Å². The summed E-state index contributed by atoms with van der Waals surface area (Å²) < 4.78 is 4.98. The minimum atomic E-state index is -0.764. The number of benzene rings is 1. The van der Waals surface area contributed by atoms with Gasteiger partial charge in [0.15, 0.2) is 0 Å². The van der Waals surface area contributed by atoms with Gasteiger partial charge in [0.05, 0.1) is 0 Å². The molecule has 1 aromatic rings. The molecule has 23 heavy (non-hydrogen) atoms. The number of rotatable bonds is 3. The van der Waals surface area contributed by atoms with Crippen LogP contribution >= 0.6 is 0 Å². The first kappa shape index (κ1) is 18.2. The van der Waals surface area contributed by atoms with Crippen LogP contribution in [0.4, 0.5) is 4.79 Å². The zero-order valence-corrected chi connectivity index (χ0v) is 13.0. The van der Waals surface area contributed by atoms with E-state index >= 15 is 0 Å². The Bertz CT molecular complexity index is 603. The predicted molar refractivity (Wildman–Crippen MR) is 82.2 cm³/mol. The monoisotopic (exact) mass is 321 g/mol. The van der Waals surface area contributed by atoms with E-state index in [0.717, 1.165) is 6.08 Å². The fraction of sp³-hybridized carbons (Fsp3) is 0.267. The summed E-state index contributed by atoms with van der Waals surface area (Å²) in [6, 6.07) is 6.23. The van der Waals surface area contributed by atoms with Crippen LogP contribution in [0.5, 0.6) is 0 Å². The smallest absolute Gasteiger partial charge is 0.426 e. The highest BCUT2D eigenvalue weighted by Crippen LogP contribution is 2.07. The van der Waals surface area contributed by atoms with Gasteiger partial charge in [-0.2, -0.15) is 0 Å². The molecule has 0 radical (unpaired) electrons. The maximum Gasteiger partial charge on any atom is 0.426 e. The second-order valence-electron chi connectivity index (χ2n) is 5.51. The average molecular weight is 321 g/mol. The van der Waals surface area contributed by atoms with Crippen LogP contribution in [-0.4, -0.2) is 28.7 Å². The van der Waals surface area contributed by atoms with Crippen molar-refractivity contribution in [2.24, 2.45) is 0 Å². The van der Waals surface area contributed by atoms with Crippen LogP contribution in [0, 0.1) is 0 Å². The van der Waals surface area contributed by atoms with Crippen LogP contribution in [0.3, 0.4) is 0 Å². The summed E-state index contributed by atoms with van der Waals surface area (Å²) in [5.74, 6) is -1.17. The lowest BCUT2D eigenvalue weighted by Crippen LogP contribution is -2.44. The molecule has 0 aromatic heterocycles. The highest BCUT2D eigenvalue weighted by molar-refractivity contribution is 5.95. The number of nitrogens with one attached hydrogen (secondary N) is 3. The highest BCUT2D eigenvalue weighted by Gasteiger charge is 2.16. The van der Waals surface area contributed by atoms with E-state index in [1.807, 2.05) is 0 Å². The summed E-state index contributed by atoms with van der Waals surface area (Å²) in [6.07, 6.45) is 1.84. The van der Waals surface area contributed by atoms with Crippen LogP contribution in [0.2, 0.25) is 0 Å². The van der Waals surface area contributed by atoms with Crippen molar-refractivity contribution in [2.75, 3.05) is 0 Å². The lowest BCUT2D eigenvalue weighted by atomic mass is 10.1. The van der Waals surface area contributed by atoms with Gasteiger partial charge in [-0.25, -0.2) is 15.7 Å². The van der Waals surface area contributed by atoms with Gasteiger partial charge in [0.2, 0.25) is 0 Å². The molecule has 4 N–H and O–H groups in total. The van der Waals surface area contributed by atoms with Crippen molar-refractivity contribution in [2.45, 2.75) is 26.4 Å². The summed E-state index contributed by atoms with van der Waals surface area (Å²) in [7, 11) is 0. The maximum absolute atomic E-state index is 11.8. The first-order valence-electron chi connectivity index (χ1n) is 6.73. The molecule has 124 valence electrons. The third kappa shape index (κ3) is 7.09. The van der Waals surface area contributed by atoms with E-state index in [-0.39, 0.29) is 0 Å². The zero-order valence-electron chi connectivity index (χ0n) is 13.0. The molecule has 0 aliphatic rings. The third-order valence-electron chi connectivity index (χ3n) is 2.39. The first-order chi connectivity index (χ1) is 10.7. The number of hydrogen-bond acceptors (Lipinski definition) is 5. The van der Waals surface area contributed by atoms with Gasteiger partial charge in [-0.1, -0.05) is 12.1 Å². The van der Waals surface area contributed by atoms with E-state index < -0.39 is 23.5 Å². The van der Waals surface area contributed by atoms with Crippen LogP contribution in [-0.2, 0) is 9.53 Å². The SMILES string of the molecule is CC(C)(C)OC(=O)NNC(=O)c1ccc(/C=C/C(=O)NO)cc1. The van der Waals surface area contributed by atoms with Gasteiger partial charge >= 0.3 is 6.09 Å². The fourth-order valence-corrected chi connectivity index (χ4v) is 1.44. The molecule has 0 bridgehead atoms. The fourth-order valence-electron chi connectivity index (χ4n) is 1.44. The standard InChI is InChI=1S/C15H19N3O5/c1-15(2,3)23-14(21)17-16-13(20)11-7-4-10(5-8-11)6-9-12(19)18-22/h4-9,22H,1-3H3,(H,16,20)(H,17,21)(H,18,19)/b9-6+. The van der Waals surface area contributed by atoms with Gasteiger partial charge in [-0.15, -0.1) is 0 Å². The van der Waals surface area contributed by atoms with E-state index in [0.29, 0.717) is 11.1 Å². The highest BCUT2D eigenvalue weighted by atomic mass is 16.6. The molecule has 8 nitrogen and oxygen atoms in total. The number of hydrazine groups is 1. The van der Waals surface area contributed by atoms with Gasteiger partial charge in [-0.3, -0.25) is 20.2 Å². The summed E-state index contributed by atoms with van der Waals surface area (Å²) >= 11 is 0. The van der Waals surface area contributed by atoms with Gasteiger partial charge in [0.1, 0.15) is 5.60 Å². The summed E-state index contributed by atoms with van der Waals surface area (Å²) in [5.41, 5.74) is 6.14. The van der Waals surface area contributed by atoms with Crippen molar-refractivity contribution < 1.29 is 24.3 Å². The van der Waals surface area contributed by atoms with Crippen molar-refractivity contribution in [1.82, 2.24) is 16.3 Å². The molecule has 0 aliphatic carbocycles. The Kier molecular flexibility index (Phi) is 6.28. The van der Waals surface area contributed by atoms with Gasteiger partial charge in [0.25, 0.3) is 11.8 Å². The maximum atomic E-state index is 11.8. The van der Waals surface area contributed by atoms with Crippen LogP contribution in [0.25, 0.3) is 6.08 Å². The molecule has 1 aromatic carbocycles. The molecule has 0 heterocycles. The molecule has 8 heteroatoms. The second-order valence-corrected chi connectivity index (χ2v) is 5.51. The largest absolute Gasteiger partial charge is 0.443 e. The molecule has 0 aliphatic heterocycles. The van der Waals surface area contributed by atoms with Crippen LogP contribution < -0.4 is 16.3 Å². The molecule has 0 atom stereocenters. The van der Waals surface area contributed by atoms with E-state index in [2.05, 4.69) is 10.9 Å². The minimum Gasteiger partial charge on any atom is -0.443 e. The van der Waals surface area contributed by atoms with E-state index in [1.54, 1.807) is 32.9 Å². The molecule has 0 fully saturated rings. The lowest BCUT2D eigenvalue weighted by Gasteiger charge is -2.19. The van der Waals surface area contributed by atoms with Crippen LogP contribution in [0.1, 0.15) is 36.7 Å². The average Bonchev–Trinajstić information content (AvgIpc) is 2.49. The number of carbonyl (C=O) groups is 3. The van der Waals surface area contributed by atoms with Gasteiger partial charge < -0.3 is 4.74 Å². The first-order valence-corrected chi connectivity index (χ1v) is 6.73. The molecule has 0 saturated carbocycles. The molecular formula is C15H19N3O5. The molecule has 0 unspecified atom stereocenters. The molecule has 0 spiro atoms. The Morgan fingerprint density at radius 2 is 1.70 bits per heavy atom. The normalized spacial score (nSPS) is 11.0. The van der Waals surface area contributed by atoms with Crippen molar-refractivity contribution in [3.8, 4) is 0 Å². The number of carbonyl (C=O) groups excluding carboxylic acids is 3. The van der Waals surface area contributed by atoms with Crippen LogP contribution in [0.15, 0.2) is 30.3 Å². The van der Waals surface area contributed by atoms with Crippen molar-refractivity contribution in [3.05, 3.63) is 41.5 Å². The predicted octanol–water partition coefficient (Wildman–Crippen LogP) is 1.37. The van der Waals surface area contributed by atoms with E-state index in [4.69, 9.17) is 9.94 Å². The quantitative estimate of drug-likeness (QED) is 0.381. The minimum absolute atomic E-state index is 0.310. The number of ether oxygens (including phenoxy) is 1. The molecular weight excluding hydrogens is 302 g/mol. The summed E-state index contributed by atoms with van der Waals surface area (Å²) in [5, 5.41) is 8.36. The van der Waals surface area contributed by atoms with Gasteiger partial charge in [0, 0.05) is 11.6 Å². The molecule has 3 amide bonds. The zero-order chi connectivity index (χ0) is 17.5. The summed E-state index contributed by atoms with van der Waals surface area (Å²) in [4.78, 5) is 34.1. The Morgan fingerprint density at radius 3 is 2.22 bits per heavy atom. The third-order valence-corrected chi connectivity index (χ3v) is 2.39. The van der Waals surface area contributed by atoms with Crippen molar-refractivity contribution in [3.63, 3.8) is 0 Å². The Labute approximate surface area is 133 Å². The number of hydrogen-bond donors (Lipinski definition) is 4. The summed E-state index contributed by atoms with van der Waals surface area (Å²) in [6.45, 7) is 5.12. The van der Waals surface area contributed by atoms with Crippen molar-refractivity contribution in [1.29, 1.82) is 0 Å². The van der Waals surface area contributed by atoms with E-state index in [9.17, 15) is 14.4 Å². The number of hydroxylamine groups is 1. The number of amides is 3. The molecule has 1 rings (SSSR count). The Morgan fingerprint density at radius 1 is 1.09 bits per heavy atom. The molecule has 0 saturated heterocycles. The second kappa shape index (κ2) is 7.95. The van der Waals surface area contributed by atoms with Gasteiger partial charge in [-0.05, 0) is 44.5 Å².